The Morgan fingerprint density at radius 2 is 1.68 bits per heavy atom. The van der Waals surface area contributed by atoms with Gasteiger partial charge in [-0.15, -0.1) is 0 Å². The molecule has 3 saturated heterocycles. The number of carbonyl (C=O) groups is 3. The zero-order valence-corrected chi connectivity index (χ0v) is 28.0. The monoisotopic (exact) mass is 691 g/mol. The zero-order chi connectivity index (χ0) is 31.6. The second kappa shape index (κ2) is 13.3. The molecule has 0 aromatic heterocycles. The van der Waals surface area contributed by atoms with Crippen LogP contribution in [-0.2, 0) is 24.3 Å². The minimum Gasteiger partial charge on any atom is -0.444 e. The first-order valence-corrected chi connectivity index (χ1v) is 17.6. The van der Waals surface area contributed by atoms with Crippen LogP contribution >= 0.6 is 15.9 Å². The van der Waals surface area contributed by atoms with E-state index < -0.39 is 33.7 Å². The van der Waals surface area contributed by atoms with Crippen molar-refractivity contribution in [3.8, 4) is 0 Å². The molecule has 3 amide bonds. The van der Waals surface area contributed by atoms with Crippen LogP contribution in [0.4, 0.5) is 4.79 Å². The van der Waals surface area contributed by atoms with Gasteiger partial charge in [-0.05, 0) is 94.6 Å². The molecule has 0 radical (unpaired) electrons. The quantitative estimate of drug-likeness (QED) is 0.473. The fourth-order valence-corrected chi connectivity index (χ4v) is 7.81. The summed E-state index contributed by atoms with van der Waals surface area (Å²) in [5, 5.41) is 1.67. The third kappa shape index (κ3) is 7.91. The van der Waals surface area contributed by atoms with Gasteiger partial charge in [0.05, 0.1) is 17.5 Å². The Kier molecular flexibility index (Phi) is 9.88. The number of piperidine rings is 1. The fraction of sp³-hybridized carbons (Fsp3) is 0.581. The van der Waals surface area contributed by atoms with Crippen molar-refractivity contribution in [3.63, 3.8) is 0 Å². The van der Waals surface area contributed by atoms with E-state index in [1.165, 1.54) is 11.0 Å². The molecule has 1 unspecified atom stereocenters. The topological polar surface area (TPSA) is 120 Å². The zero-order valence-electron chi connectivity index (χ0n) is 25.6. The lowest BCUT2D eigenvalue weighted by atomic mass is 10.1. The second-order valence-corrected chi connectivity index (χ2v) is 15.5. The van der Waals surface area contributed by atoms with E-state index in [0.29, 0.717) is 45.6 Å². The second-order valence-electron chi connectivity index (χ2n) is 12.9. The van der Waals surface area contributed by atoms with Crippen LogP contribution in [0.5, 0.6) is 0 Å². The van der Waals surface area contributed by atoms with E-state index in [0.717, 1.165) is 41.2 Å². The first-order valence-electron chi connectivity index (χ1n) is 15.3. The molecule has 2 aromatic carbocycles. The van der Waals surface area contributed by atoms with Gasteiger partial charge in [-0.1, -0.05) is 28.1 Å². The number of rotatable bonds is 7. The minimum absolute atomic E-state index is 0.0842. The van der Waals surface area contributed by atoms with Crippen molar-refractivity contribution in [1.82, 2.24) is 24.3 Å². The van der Waals surface area contributed by atoms with Crippen molar-refractivity contribution < 1.29 is 27.5 Å². The van der Waals surface area contributed by atoms with Crippen LogP contribution < -0.4 is 4.72 Å². The molecule has 0 aliphatic carbocycles. The highest BCUT2D eigenvalue weighted by molar-refractivity contribution is 9.10. The first kappa shape index (κ1) is 32.6. The molecule has 1 N–H and O–H groups in total. The van der Waals surface area contributed by atoms with Gasteiger partial charge in [0.2, 0.25) is 21.8 Å². The summed E-state index contributed by atoms with van der Waals surface area (Å²) in [6, 6.07) is 9.27. The van der Waals surface area contributed by atoms with Crippen LogP contribution in [0.1, 0.15) is 46.5 Å². The standard InChI is InChI=1S/C31H42BrN5O6S/c1-31(2,3)43-30(40)36-15-16-37(25(20-36)19-34-12-4-5-13-34)28(38)21-35-14-6-7-27(29(35)39)33-44(41,42)26-11-9-22-17-24(32)10-8-23(22)18-26/h8-11,17-18,25,27,33H,4-7,12-16,19-21H2,1-3H3/t25?,27-/m0/s1. The van der Waals surface area contributed by atoms with Gasteiger partial charge in [0.25, 0.3) is 0 Å². The number of piperazine rings is 1. The van der Waals surface area contributed by atoms with E-state index in [9.17, 15) is 22.8 Å². The molecule has 0 bridgehead atoms. The average Bonchev–Trinajstić information content (AvgIpc) is 3.47. The lowest BCUT2D eigenvalue weighted by Gasteiger charge is -2.43. The number of ether oxygens (including phenoxy) is 1. The molecule has 3 fully saturated rings. The Morgan fingerprint density at radius 1 is 0.977 bits per heavy atom. The van der Waals surface area contributed by atoms with E-state index in [1.54, 1.807) is 21.9 Å². The normalized spacial score (nSPS) is 22.1. The summed E-state index contributed by atoms with van der Waals surface area (Å²) in [5.41, 5.74) is -0.618. The largest absolute Gasteiger partial charge is 0.444 e. The Hall–Kier alpha value is -2.74. The van der Waals surface area contributed by atoms with Crippen molar-refractivity contribution >= 4 is 54.6 Å². The Bertz CT molecular complexity index is 1510. The number of carbonyl (C=O) groups excluding carboxylic acids is 3. The lowest BCUT2D eigenvalue weighted by molar-refractivity contribution is -0.146. The Labute approximate surface area is 268 Å². The van der Waals surface area contributed by atoms with Gasteiger partial charge in [-0.25, -0.2) is 13.2 Å². The van der Waals surface area contributed by atoms with Crippen molar-refractivity contribution in [2.45, 2.75) is 69.0 Å². The predicted molar refractivity (Wildman–Crippen MR) is 171 cm³/mol. The molecule has 11 nitrogen and oxygen atoms in total. The van der Waals surface area contributed by atoms with Crippen LogP contribution in [0.3, 0.4) is 0 Å². The predicted octanol–water partition coefficient (Wildman–Crippen LogP) is 3.42. The summed E-state index contributed by atoms with van der Waals surface area (Å²) in [5.74, 6) is -0.600. The SMILES string of the molecule is CC(C)(C)OC(=O)N1CCN(C(=O)CN2CCC[C@H](NS(=O)(=O)c3ccc4cc(Br)ccc4c3)C2=O)C(CN2CCCC2)C1. The molecular formula is C31H42BrN5O6S. The third-order valence-corrected chi connectivity index (χ3v) is 10.3. The molecule has 2 atom stereocenters. The van der Waals surface area contributed by atoms with Gasteiger partial charge in [-0.2, -0.15) is 4.72 Å². The maximum Gasteiger partial charge on any atom is 0.410 e. The lowest BCUT2D eigenvalue weighted by Crippen LogP contribution is -2.62. The summed E-state index contributed by atoms with van der Waals surface area (Å²) in [7, 11) is -3.98. The molecule has 13 heteroatoms. The smallest absolute Gasteiger partial charge is 0.410 e. The maximum absolute atomic E-state index is 13.7. The van der Waals surface area contributed by atoms with E-state index in [1.807, 2.05) is 39.0 Å². The van der Waals surface area contributed by atoms with Crippen LogP contribution in [0, 0.1) is 0 Å². The number of sulfonamides is 1. The third-order valence-electron chi connectivity index (χ3n) is 8.36. The number of amides is 3. The van der Waals surface area contributed by atoms with Crippen molar-refractivity contribution in [1.29, 1.82) is 0 Å². The van der Waals surface area contributed by atoms with Gasteiger partial charge in [0.15, 0.2) is 0 Å². The summed E-state index contributed by atoms with van der Waals surface area (Å²) in [6.45, 7) is 9.32. The molecule has 3 aliphatic heterocycles. The number of nitrogens with one attached hydrogen (secondary N) is 1. The summed E-state index contributed by atoms with van der Waals surface area (Å²) in [4.78, 5) is 47.3. The van der Waals surface area contributed by atoms with Crippen LogP contribution in [0.15, 0.2) is 45.8 Å². The summed E-state index contributed by atoms with van der Waals surface area (Å²) in [6.07, 6.45) is 2.74. The number of likely N-dealkylation sites (tertiary alicyclic amines) is 2. The van der Waals surface area contributed by atoms with Gasteiger partial charge in [0, 0.05) is 37.2 Å². The van der Waals surface area contributed by atoms with Crippen LogP contribution in [0.25, 0.3) is 10.8 Å². The van der Waals surface area contributed by atoms with Crippen LogP contribution in [0.2, 0.25) is 0 Å². The molecule has 0 spiro atoms. The van der Waals surface area contributed by atoms with Crippen molar-refractivity contribution in [2.24, 2.45) is 0 Å². The molecule has 240 valence electrons. The molecule has 2 aromatic rings. The number of halogens is 1. The van der Waals surface area contributed by atoms with E-state index in [2.05, 4.69) is 25.6 Å². The molecule has 0 saturated carbocycles. The minimum atomic E-state index is -3.98. The number of nitrogens with zero attached hydrogens (tertiary/aromatic N) is 4. The molecule has 3 heterocycles. The fourth-order valence-electron chi connectivity index (χ4n) is 6.17. The number of hydrogen-bond acceptors (Lipinski definition) is 7. The molecule has 5 rings (SSSR count). The van der Waals surface area contributed by atoms with E-state index in [-0.39, 0.29) is 23.4 Å². The first-order chi connectivity index (χ1) is 20.8. The highest BCUT2D eigenvalue weighted by Gasteiger charge is 2.38. The molecule has 44 heavy (non-hydrogen) atoms. The highest BCUT2D eigenvalue weighted by atomic mass is 79.9. The molecular weight excluding hydrogens is 650 g/mol. The van der Waals surface area contributed by atoms with Crippen molar-refractivity contribution in [2.75, 3.05) is 52.4 Å². The maximum atomic E-state index is 13.7. The Morgan fingerprint density at radius 3 is 2.41 bits per heavy atom. The van der Waals surface area contributed by atoms with Gasteiger partial charge < -0.3 is 24.3 Å². The summed E-state index contributed by atoms with van der Waals surface area (Å²) < 4.78 is 35.7. The van der Waals surface area contributed by atoms with Gasteiger partial charge >= 0.3 is 6.09 Å². The highest BCUT2D eigenvalue weighted by Crippen LogP contribution is 2.24. The van der Waals surface area contributed by atoms with Crippen LogP contribution in [-0.4, -0.2) is 116 Å². The van der Waals surface area contributed by atoms with E-state index >= 15 is 0 Å². The number of fused-ring (bicyclic) bond motifs is 1. The van der Waals surface area contributed by atoms with Gasteiger partial charge in [-0.3, -0.25) is 9.59 Å². The Balaban J connectivity index is 1.24. The average molecular weight is 693 g/mol. The summed E-state index contributed by atoms with van der Waals surface area (Å²) >= 11 is 3.43. The number of benzene rings is 2. The van der Waals surface area contributed by atoms with Crippen molar-refractivity contribution in [3.05, 3.63) is 40.9 Å². The molecule has 3 aliphatic rings. The van der Waals surface area contributed by atoms with Gasteiger partial charge in [0.1, 0.15) is 11.6 Å². The number of hydrogen-bond donors (Lipinski definition) is 1. The van der Waals surface area contributed by atoms with E-state index in [4.69, 9.17) is 4.74 Å².